The number of rotatable bonds is 6. The molecule has 0 aliphatic carbocycles. The molecule has 1 amide bonds. The molecule has 0 spiro atoms. The highest BCUT2D eigenvalue weighted by Crippen LogP contribution is 2.18. The Morgan fingerprint density at radius 2 is 1.89 bits per heavy atom. The highest BCUT2D eigenvalue weighted by atomic mass is 79.9. The van der Waals surface area contributed by atoms with E-state index in [9.17, 15) is 14.7 Å². The maximum atomic E-state index is 11.8. The average molecular weight is 328 g/mol. The van der Waals surface area contributed by atoms with Crippen LogP contribution in [0.5, 0.6) is 0 Å². The average Bonchev–Trinajstić information content (AvgIpc) is 2.36. The molecule has 0 aliphatic heterocycles. The third-order valence-electron chi connectivity index (χ3n) is 2.99. The smallest absolute Gasteiger partial charge is 0.330 e. The summed E-state index contributed by atoms with van der Waals surface area (Å²) in [6.07, 6.45) is 1.24. The van der Waals surface area contributed by atoms with Crippen molar-refractivity contribution < 1.29 is 14.7 Å². The fourth-order valence-corrected chi connectivity index (χ4v) is 1.89. The van der Waals surface area contributed by atoms with E-state index in [-0.39, 0.29) is 11.8 Å². The van der Waals surface area contributed by atoms with Gasteiger partial charge in [0.25, 0.3) is 0 Å². The fourth-order valence-electron chi connectivity index (χ4n) is 1.62. The van der Waals surface area contributed by atoms with Crippen molar-refractivity contribution in [1.82, 2.24) is 5.32 Å². The van der Waals surface area contributed by atoms with Crippen LogP contribution in [0.25, 0.3) is 0 Å². The summed E-state index contributed by atoms with van der Waals surface area (Å²) in [5.74, 6) is -1.04. The van der Waals surface area contributed by atoms with Gasteiger partial charge < -0.3 is 10.4 Å². The fraction of sp³-hybridized carbons (Fsp3) is 0.429. The van der Waals surface area contributed by atoms with Crippen LogP contribution >= 0.6 is 15.9 Å². The van der Waals surface area contributed by atoms with Crippen LogP contribution in [0.4, 0.5) is 0 Å². The zero-order chi connectivity index (χ0) is 14.4. The SMILES string of the molecule is CCC(C)CC(=O)NC(C(=O)O)c1ccc(Br)cc1. The predicted octanol–water partition coefficient (Wildman–Crippen LogP) is 3.13. The third kappa shape index (κ3) is 5.03. The molecule has 2 atom stereocenters. The summed E-state index contributed by atoms with van der Waals surface area (Å²) < 4.78 is 0.867. The van der Waals surface area contributed by atoms with Crippen molar-refractivity contribution >= 4 is 27.8 Å². The van der Waals surface area contributed by atoms with Gasteiger partial charge in [0, 0.05) is 10.9 Å². The van der Waals surface area contributed by atoms with E-state index >= 15 is 0 Å². The highest BCUT2D eigenvalue weighted by molar-refractivity contribution is 9.10. The van der Waals surface area contributed by atoms with E-state index in [1.165, 1.54) is 0 Å². The highest BCUT2D eigenvalue weighted by Gasteiger charge is 2.22. The molecular weight excluding hydrogens is 310 g/mol. The van der Waals surface area contributed by atoms with Gasteiger partial charge >= 0.3 is 5.97 Å². The van der Waals surface area contributed by atoms with Crippen LogP contribution in [0, 0.1) is 5.92 Å². The number of carboxylic acid groups (broad SMARTS) is 1. The first-order chi connectivity index (χ1) is 8.93. The number of halogens is 1. The molecule has 0 heterocycles. The van der Waals surface area contributed by atoms with Crippen LogP contribution in [0.3, 0.4) is 0 Å². The topological polar surface area (TPSA) is 66.4 Å². The number of hydrogen-bond donors (Lipinski definition) is 2. The quantitative estimate of drug-likeness (QED) is 0.843. The molecule has 1 rings (SSSR count). The molecule has 2 N–H and O–H groups in total. The van der Waals surface area contributed by atoms with E-state index in [1.54, 1.807) is 24.3 Å². The Labute approximate surface area is 121 Å². The third-order valence-corrected chi connectivity index (χ3v) is 3.52. The normalized spacial score (nSPS) is 13.6. The molecule has 1 aromatic carbocycles. The second kappa shape index (κ2) is 7.28. The molecule has 0 aliphatic rings. The molecule has 0 saturated carbocycles. The minimum absolute atomic E-state index is 0.232. The lowest BCUT2D eigenvalue weighted by Gasteiger charge is -2.16. The van der Waals surface area contributed by atoms with E-state index in [4.69, 9.17) is 0 Å². The van der Waals surface area contributed by atoms with Gasteiger partial charge in [0.1, 0.15) is 0 Å². The van der Waals surface area contributed by atoms with Crippen molar-refractivity contribution in [3.8, 4) is 0 Å². The van der Waals surface area contributed by atoms with Crippen LogP contribution in [0.1, 0.15) is 38.3 Å². The molecule has 0 saturated heterocycles. The first-order valence-corrected chi connectivity index (χ1v) is 7.01. The number of carboxylic acids is 1. The summed E-state index contributed by atoms with van der Waals surface area (Å²) >= 11 is 3.29. The lowest BCUT2D eigenvalue weighted by atomic mass is 10.0. The van der Waals surface area contributed by atoms with Crippen LogP contribution in [0.15, 0.2) is 28.7 Å². The first kappa shape index (κ1) is 15.7. The Hall–Kier alpha value is -1.36. The predicted molar refractivity (Wildman–Crippen MR) is 76.7 cm³/mol. The Balaban J connectivity index is 2.76. The van der Waals surface area contributed by atoms with Crippen molar-refractivity contribution in [2.24, 2.45) is 5.92 Å². The van der Waals surface area contributed by atoms with Gasteiger partial charge in [-0.2, -0.15) is 0 Å². The van der Waals surface area contributed by atoms with Gasteiger partial charge in [-0.1, -0.05) is 48.3 Å². The lowest BCUT2D eigenvalue weighted by Crippen LogP contribution is -2.34. The molecular formula is C14H18BrNO3. The number of amides is 1. The van der Waals surface area contributed by atoms with Crippen LogP contribution in [-0.4, -0.2) is 17.0 Å². The molecule has 0 fully saturated rings. The maximum absolute atomic E-state index is 11.8. The second-order valence-electron chi connectivity index (χ2n) is 4.61. The Morgan fingerprint density at radius 1 is 1.32 bits per heavy atom. The monoisotopic (exact) mass is 327 g/mol. The van der Waals surface area contributed by atoms with Crippen molar-refractivity contribution in [3.05, 3.63) is 34.3 Å². The maximum Gasteiger partial charge on any atom is 0.330 e. The van der Waals surface area contributed by atoms with Gasteiger partial charge in [-0.3, -0.25) is 4.79 Å². The Morgan fingerprint density at radius 3 is 2.37 bits per heavy atom. The number of benzene rings is 1. The van der Waals surface area contributed by atoms with Gasteiger partial charge in [0.15, 0.2) is 6.04 Å². The van der Waals surface area contributed by atoms with Gasteiger partial charge in [0.05, 0.1) is 0 Å². The number of nitrogens with one attached hydrogen (secondary N) is 1. The lowest BCUT2D eigenvalue weighted by molar-refractivity contribution is -0.142. The Kier molecular flexibility index (Phi) is 6.02. The summed E-state index contributed by atoms with van der Waals surface area (Å²) in [5, 5.41) is 11.8. The van der Waals surface area contributed by atoms with Crippen LogP contribution in [-0.2, 0) is 9.59 Å². The number of carbonyl (C=O) groups is 2. The van der Waals surface area contributed by atoms with E-state index in [0.29, 0.717) is 12.0 Å². The van der Waals surface area contributed by atoms with Crippen LogP contribution < -0.4 is 5.32 Å². The molecule has 104 valence electrons. The molecule has 0 radical (unpaired) electrons. The van der Waals surface area contributed by atoms with Crippen molar-refractivity contribution in [3.63, 3.8) is 0 Å². The molecule has 0 bridgehead atoms. The number of aliphatic carboxylic acids is 1. The van der Waals surface area contributed by atoms with Crippen molar-refractivity contribution in [1.29, 1.82) is 0 Å². The van der Waals surface area contributed by atoms with E-state index in [1.807, 2.05) is 13.8 Å². The largest absolute Gasteiger partial charge is 0.479 e. The van der Waals surface area contributed by atoms with Gasteiger partial charge in [-0.15, -0.1) is 0 Å². The van der Waals surface area contributed by atoms with E-state index in [2.05, 4.69) is 21.2 Å². The van der Waals surface area contributed by atoms with Gasteiger partial charge in [-0.05, 0) is 23.6 Å². The summed E-state index contributed by atoms with van der Waals surface area (Å²) in [6.45, 7) is 3.97. The van der Waals surface area contributed by atoms with E-state index < -0.39 is 12.0 Å². The first-order valence-electron chi connectivity index (χ1n) is 6.21. The second-order valence-corrected chi connectivity index (χ2v) is 5.52. The molecule has 0 aromatic heterocycles. The molecule has 1 aromatic rings. The van der Waals surface area contributed by atoms with Crippen LogP contribution in [0.2, 0.25) is 0 Å². The number of hydrogen-bond acceptors (Lipinski definition) is 2. The molecule has 4 nitrogen and oxygen atoms in total. The molecule has 2 unspecified atom stereocenters. The summed E-state index contributed by atoms with van der Waals surface area (Å²) in [4.78, 5) is 23.0. The number of carbonyl (C=O) groups excluding carboxylic acids is 1. The summed E-state index contributed by atoms with van der Waals surface area (Å²) in [7, 11) is 0. The van der Waals surface area contributed by atoms with E-state index in [0.717, 1.165) is 10.9 Å². The molecule has 5 heteroatoms. The van der Waals surface area contributed by atoms with Gasteiger partial charge in [-0.25, -0.2) is 4.79 Å². The zero-order valence-corrected chi connectivity index (χ0v) is 12.6. The Bertz CT molecular complexity index is 445. The standard InChI is InChI=1S/C14H18BrNO3/c1-3-9(2)8-12(17)16-13(14(18)19)10-4-6-11(15)7-5-10/h4-7,9,13H,3,8H2,1-2H3,(H,16,17)(H,18,19). The minimum atomic E-state index is -1.06. The van der Waals surface area contributed by atoms with Gasteiger partial charge in [0.2, 0.25) is 5.91 Å². The minimum Gasteiger partial charge on any atom is -0.479 e. The summed E-state index contributed by atoms with van der Waals surface area (Å²) in [5.41, 5.74) is 0.563. The summed E-state index contributed by atoms with van der Waals surface area (Å²) in [6, 6.07) is 5.89. The van der Waals surface area contributed by atoms with Crippen molar-refractivity contribution in [2.75, 3.05) is 0 Å². The zero-order valence-electron chi connectivity index (χ0n) is 11.0. The molecule has 19 heavy (non-hydrogen) atoms. The van der Waals surface area contributed by atoms with Crippen molar-refractivity contribution in [2.45, 2.75) is 32.7 Å².